The van der Waals surface area contributed by atoms with E-state index in [0.29, 0.717) is 17.1 Å². The molecule has 2 rings (SSSR count). The molecule has 62 valence electrons. The van der Waals surface area contributed by atoms with E-state index < -0.39 is 0 Å². The van der Waals surface area contributed by atoms with Crippen molar-refractivity contribution in [3.05, 3.63) is 34.8 Å². The molecule has 1 heterocycles. The van der Waals surface area contributed by atoms with Crippen molar-refractivity contribution in [3.63, 3.8) is 0 Å². The number of hydrogen-bond acceptors (Lipinski definition) is 3. The fourth-order valence-corrected chi connectivity index (χ4v) is 1.34. The lowest BCUT2D eigenvalue weighted by molar-refractivity contribution is -0.133. The molecule has 3 heteroatoms. The maximum absolute atomic E-state index is 11.0. The summed E-state index contributed by atoms with van der Waals surface area (Å²) in [5, 5.41) is 0. The molecule has 0 aromatic rings. The molecule has 3 nitrogen and oxygen atoms in total. The van der Waals surface area contributed by atoms with Crippen molar-refractivity contribution in [3.8, 4) is 0 Å². The largest absolute Gasteiger partial charge is 0.496 e. The monoisotopic (exact) mass is 164 g/mol. The molecule has 2 aliphatic rings. The van der Waals surface area contributed by atoms with E-state index in [9.17, 15) is 4.79 Å². The Labute approximate surface area is 70.0 Å². The zero-order chi connectivity index (χ0) is 8.72. The van der Waals surface area contributed by atoms with E-state index in [-0.39, 0.29) is 5.97 Å². The van der Waals surface area contributed by atoms with E-state index in [4.69, 9.17) is 9.47 Å². The molecule has 0 saturated carbocycles. The molecule has 0 aromatic carbocycles. The first-order valence-electron chi connectivity index (χ1n) is 3.64. The zero-order valence-electron chi connectivity index (χ0n) is 6.88. The number of allylic oxidation sites excluding steroid dienone is 2. The van der Waals surface area contributed by atoms with Gasteiger partial charge in [-0.2, -0.15) is 0 Å². The summed E-state index contributed by atoms with van der Waals surface area (Å²) in [4.78, 5) is 11.0. The molecular weight excluding hydrogens is 156 g/mol. The molecule has 0 amide bonds. The Morgan fingerprint density at radius 3 is 2.83 bits per heavy atom. The van der Waals surface area contributed by atoms with Crippen LogP contribution in [-0.2, 0) is 14.3 Å². The van der Waals surface area contributed by atoms with E-state index in [1.165, 1.54) is 0 Å². The molecule has 0 atom stereocenters. The third-order valence-electron chi connectivity index (χ3n) is 1.98. The Morgan fingerprint density at radius 2 is 2.17 bits per heavy atom. The van der Waals surface area contributed by atoms with Crippen LogP contribution in [0.5, 0.6) is 0 Å². The van der Waals surface area contributed by atoms with E-state index in [1.807, 2.05) is 0 Å². The number of rotatable bonds is 1. The number of methoxy groups -OCH3 is 1. The maximum atomic E-state index is 11.0. The number of esters is 1. The average molecular weight is 164 g/mol. The third-order valence-corrected chi connectivity index (χ3v) is 1.98. The Balaban J connectivity index is 2.50. The van der Waals surface area contributed by atoms with Crippen LogP contribution in [0.2, 0.25) is 0 Å². The average Bonchev–Trinajstić information content (AvgIpc) is 2.55. The normalized spacial score (nSPS) is 20.3. The molecule has 0 spiro atoms. The number of fused-ring (bicyclic) bond motifs is 1. The topological polar surface area (TPSA) is 35.5 Å². The van der Waals surface area contributed by atoms with Gasteiger partial charge in [-0.25, -0.2) is 4.79 Å². The van der Waals surface area contributed by atoms with Gasteiger partial charge < -0.3 is 9.47 Å². The Kier molecular flexibility index (Phi) is 1.33. The molecule has 0 unspecified atom stereocenters. The molecule has 1 aliphatic heterocycles. The van der Waals surface area contributed by atoms with Gasteiger partial charge in [-0.05, 0) is 19.1 Å². The van der Waals surface area contributed by atoms with Crippen LogP contribution in [0, 0.1) is 0 Å². The smallest absolute Gasteiger partial charge is 0.340 e. The van der Waals surface area contributed by atoms with Crippen LogP contribution in [0.25, 0.3) is 0 Å². The summed E-state index contributed by atoms with van der Waals surface area (Å²) in [6, 6.07) is 0. The number of hydrogen-bond donors (Lipinski definition) is 0. The SMILES string of the molecule is COC1=CC=C2OC(=O)C(C)=C12. The predicted octanol–water partition coefficient (Wildman–Crippen LogP) is 1.29. The lowest BCUT2D eigenvalue weighted by Crippen LogP contribution is -1.95. The molecule has 0 radical (unpaired) electrons. The summed E-state index contributed by atoms with van der Waals surface area (Å²) in [6.45, 7) is 1.73. The van der Waals surface area contributed by atoms with Gasteiger partial charge in [-0.1, -0.05) is 0 Å². The quantitative estimate of drug-likeness (QED) is 0.548. The van der Waals surface area contributed by atoms with Crippen LogP contribution >= 0.6 is 0 Å². The van der Waals surface area contributed by atoms with Crippen LogP contribution in [0.15, 0.2) is 34.8 Å². The Morgan fingerprint density at radius 1 is 1.42 bits per heavy atom. The minimum atomic E-state index is -0.279. The molecular formula is C9H8O3. The predicted molar refractivity (Wildman–Crippen MR) is 42.0 cm³/mol. The highest BCUT2D eigenvalue weighted by Gasteiger charge is 2.31. The minimum Gasteiger partial charge on any atom is -0.496 e. The standard InChI is InChI=1S/C9H8O3/c1-5-8-6(11-2)3-4-7(8)12-9(5)10/h3-4H,1-2H3. The Bertz CT molecular complexity index is 345. The van der Waals surface area contributed by atoms with Gasteiger partial charge in [0.25, 0.3) is 0 Å². The molecule has 0 aromatic heterocycles. The Hall–Kier alpha value is -1.51. The van der Waals surface area contributed by atoms with E-state index in [1.54, 1.807) is 26.2 Å². The van der Waals surface area contributed by atoms with Crippen molar-refractivity contribution < 1.29 is 14.3 Å². The summed E-state index contributed by atoms with van der Waals surface area (Å²) in [5.41, 5.74) is 1.41. The second-order valence-electron chi connectivity index (χ2n) is 2.66. The second kappa shape index (κ2) is 2.24. The number of ether oxygens (including phenoxy) is 2. The highest BCUT2D eigenvalue weighted by Crippen LogP contribution is 2.35. The summed E-state index contributed by atoms with van der Waals surface area (Å²) in [7, 11) is 1.58. The molecule has 12 heavy (non-hydrogen) atoms. The van der Waals surface area contributed by atoms with Crippen molar-refractivity contribution in [2.75, 3.05) is 7.11 Å². The molecule has 0 N–H and O–H groups in total. The summed E-state index contributed by atoms with van der Waals surface area (Å²) in [5.74, 6) is 1.03. The molecule has 1 aliphatic carbocycles. The number of carbonyl (C=O) groups excluding carboxylic acids is 1. The minimum absolute atomic E-state index is 0.279. The van der Waals surface area contributed by atoms with E-state index in [2.05, 4.69) is 0 Å². The van der Waals surface area contributed by atoms with Crippen molar-refractivity contribution in [1.29, 1.82) is 0 Å². The van der Waals surface area contributed by atoms with E-state index in [0.717, 1.165) is 5.57 Å². The van der Waals surface area contributed by atoms with Crippen molar-refractivity contribution in [1.82, 2.24) is 0 Å². The van der Waals surface area contributed by atoms with Crippen LogP contribution in [0.4, 0.5) is 0 Å². The second-order valence-corrected chi connectivity index (χ2v) is 2.66. The molecule has 0 fully saturated rings. The van der Waals surface area contributed by atoms with Crippen LogP contribution < -0.4 is 0 Å². The highest BCUT2D eigenvalue weighted by molar-refractivity contribution is 5.95. The summed E-state index contributed by atoms with van der Waals surface area (Å²) >= 11 is 0. The first kappa shape index (κ1) is 7.16. The van der Waals surface area contributed by atoms with Gasteiger partial charge in [0.2, 0.25) is 0 Å². The highest BCUT2D eigenvalue weighted by atomic mass is 16.5. The van der Waals surface area contributed by atoms with Gasteiger partial charge in [-0.15, -0.1) is 0 Å². The van der Waals surface area contributed by atoms with Gasteiger partial charge in [0, 0.05) is 5.57 Å². The van der Waals surface area contributed by atoms with Gasteiger partial charge in [-0.3, -0.25) is 0 Å². The van der Waals surface area contributed by atoms with Gasteiger partial charge in [0.1, 0.15) is 11.5 Å². The van der Waals surface area contributed by atoms with Gasteiger partial charge in [0.15, 0.2) is 0 Å². The van der Waals surface area contributed by atoms with Crippen LogP contribution in [-0.4, -0.2) is 13.1 Å². The van der Waals surface area contributed by atoms with Crippen molar-refractivity contribution >= 4 is 5.97 Å². The maximum Gasteiger partial charge on any atom is 0.340 e. The number of carbonyl (C=O) groups is 1. The lowest BCUT2D eigenvalue weighted by Gasteiger charge is -2.01. The van der Waals surface area contributed by atoms with Crippen molar-refractivity contribution in [2.45, 2.75) is 6.92 Å². The van der Waals surface area contributed by atoms with E-state index >= 15 is 0 Å². The zero-order valence-corrected chi connectivity index (χ0v) is 6.88. The summed E-state index contributed by atoms with van der Waals surface area (Å²) in [6.07, 6.45) is 3.53. The van der Waals surface area contributed by atoms with Crippen LogP contribution in [0.1, 0.15) is 6.92 Å². The third kappa shape index (κ3) is 0.733. The molecule has 0 bridgehead atoms. The first-order valence-corrected chi connectivity index (χ1v) is 3.64. The van der Waals surface area contributed by atoms with Crippen LogP contribution in [0.3, 0.4) is 0 Å². The fourth-order valence-electron chi connectivity index (χ4n) is 1.34. The van der Waals surface area contributed by atoms with Gasteiger partial charge >= 0.3 is 5.97 Å². The fraction of sp³-hybridized carbons (Fsp3) is 0.222. The lowest BCUT2D eigenvalue weighted by atomic mass is 10.1. The first-order chi connectivity index (χ1) is 5.74. The van der Waals surface area contributed by atoms with Gasteiger partial charge in [0.05, 0.1) is 12.7 Å². The molecule has 0 saturated heterocycles. The van der Waals surface area contributed by atoms with Crippen molar-refractivity contribution in [2.24, 2.45) is 0 Å². The summed E-state index contributed by atoms with van der Waals surface area (Å²) < 4.78 is 10.0.